The van der Waals surface area contributed by atoms with Gasteiger partial charge in [-0.25, -0.2) is 4.98 Å². The van der Waals surface area contributed by atoms with Crippen molar-refractivity contribution in [1.82, 2.24) is 4.98 Å². The number of ether oxygens (including phenoxy) is 1. The van der Waals surface area contributed by atoms with Crippen LogP contribution in [0, 0.1) is 10.1 Å². The molecule has 14 heavy (non-hydrogen) atoms. The average molecular weight is 217 g/mol. The number of nitro groups is 1. The SMILES string of the molecule is CCCOc1nccc([N+](=O)[O-])c1Cl. The predicted octanol–water partition coefficient (Wildman–Crippen LogP) is 2.43. The van der Waals surface area contributed by atoms with E-state index < -0.39 is 4.92 Å². The first-order valence-corrected chi connectivity index (χ1v) is 4.46. The number of halogens is 1. The zero-order valence-electron chi connectivity index (χ0n) is 7.57. The lowest BCUT2D eigenvalue weighted by molar-refractivity contribution is -0.384. The molecule has 1 heterocycles. The van der Waals surface area contributed by atoms with E-state index in [4.69, 9.17) is 16.3 Å². The molecule has 1 aromatic rings. The van der Waals surface area contributed by atoms with Crippen molar-refractivity contribution in [2.45, 2.75) is 13.3 Å². The maximum Gasteiger partial charge on any atom is 0.294 e. The Labute approximate surface area is 85.8 Å². The molecule has 0 N–H and O–H groups in total. The zero-order valence-corrected chi connectivity index (χ0v) is 8.32. The van der Waals surface area contributed by atoms with Crippen LogP contribution in [-0.4, -0.2) is 16.5 Å². The van der Waals surface area contributed by atoms with E-state index in [1.165, 1.54) is 12.3 Å². The smallest absolute Gasteiger partial charge is 0.294 e. The minimum absolute atomic E-state index is 0.0500. The summed E-state index contributed by atoms with van der Waals surface area (Å²) in [6, 6.07) is 1.24. The molecule has 0 aromatic carbocycles. The predicted molar refractivity (Wildman–Crippen MR) is 51.7 cm³/mol. The van der Waals surface area contributed by atoms with Crippen LogP contribution in [0.5, 0.6) is 5.88 Å². The summed E-state index contributed by atoms with van der Waals surface area (Å²) in [7, 11) is 0. The topological polar surface area (TPSA) is 65.3 Å². The van der Waals surface area contributed by atoms with Crippen LogP contribution < -0.4 is 4.74 Å². The van der Waals surface area contributed by atoms with E-state index >= 15 is 0 Å². The highest BCUT2D eigenvalue weighted by Gasteiger charge is 2.17. The Morgan fingerprint density at radius 3 is 3.00 bits per heavy atom. The minimum atomic E-state index is -0.567. The fraction of sp³-hybridized carbons (Fsp3) is 0.375. The number of hydrogen-bond acceptors (Lipinski definition) is 4. The molecule has 1 rings (SSSR count). The Morgan fingerprint density at radius 1 is 1.71 bits per heavy atom. The first kappa shape index (κ1) is 10.7. The van der Waals surface area contributed by atoms with Crippen LogP contribution in [0.3, 0.4) is 0 Å². The fourth-order valence-electron chi connectivity index (χ4n) is 0.855. The van der Waals surface area contributed by atoms with E-state index in [1.54, 1.807) is 0 Å². The van der Waals surface area contributed by atoms with Crippen LogP contribution >= 0.6 is 11.6 Å². The third kappa shape index (κ3) is 2.32. The molecule has 0 aliphatic heterocycles. The molecular formula is C8H9ClN2O3. The summed E-state index contributed by atoms with van der Waals surface area (Å²) in [5.74, 6) is 0.114. The van der Waals surface area contributed by atoms with E-state index in [0.717, 1.165) is 6.42 Å². The number of hydrogen-bond donors (Lipinski definition) is 0. The van der Waals surface area contributed by atoms with E-state index in [2.05, 4.69) is 4.98 Å². The molecule has 0 saturated carbocycles. The van der Waals surface area contributed by atoms with Crippen molar-refractivity contribution in [3.05, 3.63) is 27.4 Å². The lowest BCUT2D eigenvalue weighted by Crippen LogP contribution is -1.99. The van der Waals surface area contributed by atoms with Crippen LogP contribution in [0.25, 0.3) is 0 Å². The molecule has 0 aliphatic carbocycles. The van der Waals surface area contributed by atoms with E-state index in [9.17, 15) is 10.1 Å². The van der Waals surface area contributed by atoms with Gasteiger partial charge in [-0.15, -0.1) is 0 Å². The summed E-state index contributed by atoms with van der Waals surface area (Å²) in [5, 5.41) is 10.4. The molecular weight excluding hydrogens is 208 g/mol. The Bertz CT molecular complexity index is 343. The Hall–Kier alpha value is -1.36. The average Bonchev–Trinajstić information content (AvgIpc) is 2.16. The number of pyridine rings is 1. The molecule has 0 radical (unpaired) electrons. The molecule has 0 aliphatic rings. The molecule has 0 atom stereocenters. The van der Waals surface area contributed by atoms with Crippen LogP contribution in [0.1, 0.15) is 13.3 Å². The van der Waals surface area contributed by atoms with Gasteiger partial charge in [-0.2, -0.15) is 0 Å². The van der Waals surface area contributed by atoms with Crippen LogP contribution in [0.2, 0.25) is 5.02 Å². The summed E-state index contributed by atoms with van der Waals surface area (Å²) in [4.78, 5) is 13.7. The second-order valence-corrected chi connectivity index (χ2v) is 2.93. The summed E-state index contributed by atoms with van der Waals surface area (Å²) >= 11 is 5.71. The molecule has 0 saturated heterocycles. The van der Waals surface area contributed by atoms with Crippen molar-refractivity contribution in [3.63, 3.8) is 0 Å². The molecule has 0 spiro atoms. The van der Waals surface area contributed by atoms with E-state index in [-0.39, 0.29) is 16.6 Å². The van der Waals surface area contributed by atoms with Gasteiger partial charge < -0.3 is 4.74 Å². The van der Waals surface area contributed by atoms with Gasteiger partial charge >= 0.3 is 0 Å². The molecule has 0 bridgehead atoms. The van der Waals surface area contributed by atoms with Gasteiger partial charge in [0.2, 0.25) is 5.88 Å². The quantitative estimate of drug-likeness (QED) is 0.573. The molecule has 5 nitrogen and oxygen atoms in total. The van der Waals surface area contributed by atoms with Gasteiger partial charge in [0.25, 0.3) is 5.69 Å². The van der Waals surface area contributed by atoms with Crippen molar-refractivity contribution in [2.24, 2.45) is 0 Å². The van der Waals surface area contributed by atoms with Crippen molar-refractivity contribution >= 4 is 17.3 Å². The van der Waals surface area contributed by atoms with Gasteiger partial charge in [0.1, 0.15) is 0 Å². The first-order valence-electron chi connectivity index (χ1n) is 4.08. The van der Waals surface area contributed by atoms with Crippen LogP contribution in [0.15, 0.2) is 12.3 Å². The standard InChI is InChI=1S/C8H9ClN2O3/c1-2-5-14-8-7(9)6(11(12)13)3-4-10-8/h3-4H,2,5H2,1H3. The number of aromatic nitrogens is 1. The lowest BCUT2D eigenvalue weighted by atomic mass is 10.4. The van der Waals surface area contributed by atoms with Crippen molar-refractivity contribution in [2.75, 3.05) is 6.61 Å². The highest BCUT2D eigenvalue weighted by atomic mass is 35.5. The first-order chi connectivity index (χ1) is 6.66. The third-order valence-electron chi connectivity index (χ3n) is 1.48. The third-order valence-corrected chi connectivity index (χ3v) is 1.83. The maximum atomic E-state index is 10.5. The van der Waals surface area contributed by atoms with Gasteiger partial charge in [0.05, 0.1) is 11.5 Å². The number of nitrogens with zero attached hydrogens (tertiary/aromatic N) is 2. The Morgan fingerprint density at radius 2 is 2.43 bits per heavy atom. The van der Waals surface area contributed by atoms with Crippen LogP contribution in [0.4, 0.5) is 5.69 Å². The van der Waals surface area contributed by atoms with E-state index in [0.29, 0.717) is 6.61 Å². The van der Waals surface area contributed by atoms with E-state index in [1.807, 2.05) is 6.92 Å². The van der Waals surface area contributed by atoms with Gasteiger partial charge in [0, 0.05) is 12.3 Å². The Balaban J connectivity index is 2.95. The van der Waals surface area contributed by atoms with Crippen LogP contribution in [-0.2, 0) is 0 Å². The molecule has 6 heteroatoms. The number of rotatable bonds is 4. The largest absolute Gasteiger partial charge is 0.476 e. The molecule has 0 unspecified atom stereocenters. The summed E-state index contributed by atoms with van der Waals surface area (Å²) in [5.41, 5.74) is -0.187. The zero-order chi connectivity index (χ0) is 10.6. The molecule has 76 valence electrons. The fourth-order valence-corrected chi connectivity index (χ4v) is 1.09. The summed E-state index contributed by atoms with van der Waals surface area (Å²) in [6.07, 6.45) is 2.09. The minimum Gasteiger partial charge on any atom is -0.476 e. The maximum absolute atomic E-state index is 10.5. The Kier molecular flexibility index (Phi) is 3.64. The van der Waals surface area contributed by atoms with Gasteiger partial charge in [-0.05, 0) is 6.42 Å². The lowest BCUT2D eigenvalue weighted by Gasteiger charge is -2.04. The molecule has 1 aromatic heterocycles. The van der Waals surface area contributed by atoms with Crippen molar-refractivity contribution in [1.29, 1.82) is 0 Å². The van der Waals surface area contributed by atoms with Gasteiger partial charge in [-0.3, -0.25) is 10.1 Å². The van der Waals surface area contributed by atoms with Crippen molar-refractivity contribution < 1.29 is 9.66 Å². The monoisotopic (exact) mass is 216 g/mol. The van der Waals surface area contributed by atoms with Gasteiger partial charge in [-0.1, -0.05) is 18.5 Å². The molecule has 0 fully saturated rings. The normalized spacial score (nSPS) is 9.86. The molecule has 0 amide bonds. The second kappa shape index (κ2) is 4.76. The second-order valence-electron chi connectivity index (χ2n) is 2.55. The highest BCUT2D eigenvalue weighted by molar-refractivity contribution is 6.33. The van der Waals surface area contributed by atoms with Gasteiger partial charge in [0.15, 0.2) is 5.02 Å². The summed E-state index contributed by atoms with van der Waals surface area (Å²) in [6.45, 7) is 2.36. The highest BCUT2D eigenvalue weighted by Crippen LogP contribution is 2.31. The van der Waals surface area contributed by atoms with Crippen molar-refractivity contribution in [3.8, 4) is 5.88 Å². The summed E-state index contributed by atoms with van der Waals surface area (Å²) < 4.78 is 5.13.